The first-order chi connectivity index (χ1) is 20.0. The van der Waals surface area contributed by atoms with Gasteiger partial charge in [0.05, 0.1) is 24.4 Å². The highest BCUT2D eigenvalue weighted by Crippen LogP contribution is 2.30. The number of benzene rings is 1. The van der Waals surface area contributed by atoms with Crippen LogP contribution in [0, 0.1) is 5.82 Å². The van der Waals surface area contributed by atoms with Gasteiger partial charge in [0.1, 0.15) is 17.7 Å². The van der Waals surface area contributed by atoms with Crippen LogP contribution in [-0.4, -0.2) is 73.7 Å². The van der Waals surface area contributed by atoms with Crippen LogP contribution in [0.3, 0.4) is 0 Å². The lowest BCUT2D eigenvalue weighted by Gasteiger charge is -2.35. The molecule has 12 heteroatoms. The van der Waals surface area contributed by atoms with Crippen molar-refractivity contribution in [3.63, 3.8) is 0 Å². The number of hydrogen-bond donors (Lipinski definition) is 1. The Hall–Kier alpha value is -4.42. The van der Waals surface area contributed by atoms with Gasteiger partial charge in [0, 0.05) is 74.3 Å². The van der Waals surface area contributed by atoms with Gasteiger partial charge >= 0.3 is 0 Å². The van der Waals surface area contributed by atoms with Gasteiger partial charge in [-0.15, -0.1) is 0 Å². The highest BCUT2D eigenvalue weighted by molar-refractivity contribution is 5.77. The van der Waals surface area contributed by atoms with Crippen molar-refractivity contribution < 1.29 is 9.13 Å². The Kier molecular flexibility index (Phi) is 6.36. The zero-order valence-electron chi connectivity index (χ0n) is 22.8. The topological polar surface area (TPSA) is 116 Å². The number of piperazine rings is 1. The molecule has 5 aromatic rings. The molecule has 41 heavy (non-hydrogen) atoms. The Bertz CT molecular complexity index is 1650. The maximum Gasteiger partial charge on any atom is 0.225 e. The van der Waals surface area contributed by atoms with E-state index in [-0.39, 0.29) is 5.82 Å². The predicted octanol–water partition coefficient (Wildman–Crippen LogP) is 3.03. The second-order valence-electron chi connectivity index (χ2n) is 10.8. The van der Waals surface area contributed by atoms with Gasteiger partial charge in [-0.1, -0.05) is 12.1 Å². The molecule has 2 atom stereocenters. The molecular weight excluding hydrogens is 523 g/mol. The molecule has 2 aliphatic rings. The predicted molar refractivity (Wildman–Crippen MR) is 152 cm³/mol. The van der Waals surface area contributed by atoms with Crippen LogP contribution >= 0.6 is 0 Å². The molecule has 1 unspecified atom stereocenters. The summed E-state index contributed by atoms with van der Waals surface area (Å²) >= 11 is 0. The van der Waals surface area contributed by atoms with Crippen LogP contribution in [0.4, 0.5) is 16.2 Å². The largest absolute Gasteiger partial charge is 0.379 e. The van der Waals surface area contributed by atoms with E-state index >= 15 is 0 Å². The highest BCUT2D eigenvalue weighted by atomic mass is 19.1. The van der Waals surface area contributed by atoms with Gasteiger partial charge in [0.25, 0.3) is 0 Å². The number of ether oxygens (including phenoxy) is 1. The normalized spacial score (nSPS) is 19.1. The minimum absolute atomic E-state index is 0.294. The Morgan fingerprint density at radius 3 is 2.39 bits per heavy atom. The SMILES string of the molecule is CC(N)(c1ccc(F)cc1)c1cnc(N2CCN(c3ncnn4cc(-c5cnn([C@H]6CCOC6)c5)cc34)CC2)nc1. The molecule has 7 rings (SSSR count). The van der Waals surface area contributed by atoms with Crippen LogP contribution < -0.4 is 15.5 Å². The Morgan fingerprint density at radius 1 is 0.902 bits per heavy atom. The average Bonchev–Trinajstić information content (AvgIpc) is 3.78. The molecule has 2 saturated heterocycles. The monoisotopic (exact) mass is 554 g/mol. The summed E-state index contributed by atoms with van der Waals surface area (Å²) in [5.41, 5.74) is 10.4. The van der Waals surface area contributed by atoms with Crippen molar-refractivity contribution >= 4 is 17.3 Å². The van der Waals surface area contributed by atoms with E-state index < -0.39 is 5.54 Å². The molecule has 11 nitrogen and oxygen atoms in total. The van der Waals surface area contributed by atoms with Crippen molar-refractivity contribution in [2.45, 2.75) is 24.9 Å². The molecule has 210 valence electrons. The third kappa shape index (κ3) is 4.78. The number of fused-ring (bicyclic) bond motifs is 1. The van der Waals surface area contributed by atoms with Crippen LogP contribution in [0.15, 0.2) is 67.6 Å². The van der Waals surface area contributed by atoms with Gasteiger partial charge in [-0.2, -0.15) is 10.2 Å². The van der Waals surface area contributed by atoms with Crippen molar-refractivity contribution in [2.24, 2.45) is 5.73 Å². The summed E-state index contributed by atoms with van der Waals surface area (Å²) in [5, 5.41) is 9.03. The average molecular weight is 555 g/mol. The first kappa shape index (κ1) is 25.5. The molecule has 6 heterocycles. The van der Waals surface area contributed by atoms with Crippen molar-refractivity contribution in [2.75, 3.05) is 49.2 Å². The van der Waals surface area contributed by atoms with E-state index in [0.717, 1.165) is 72.8 Å². The van der Waals surface area contributed by atoms with Gasteiger partial charge in [0.15, 0.2) is 5.82 Å². The van der Waals surface area contributed by atoms with Gasteiger partial charge in [-0.25, -0.2) is 23.9 Å². The second-order valence-corrected chi connectivity index (χ2v) is 10.8. The van der Waals surface area contributed by atoms with Crippen LogP contribution in [-0.2, 0) is 10.3 Å². The van der Waals surface area contributed by atoms with Gasteiger partial charge < -0.3 is 20.3 Å². The molecule has 0 saturated carbocycles. The van der Waals surface area contributed by atoms with Gasteiger partial charge in [-0.05, 0) is 37.1 Å². The first-order valence-electron chi connectivity index (χ1n) is 13.8. The van der Waals surface area contributed by atoms with E-state index in [1.165, 1.54) is 12.1 Å². The number of anilines is 2. The molecule has 0 bridgehead atoms. The van der Waals surface area contributed by atoms with Crippen LogP contribution in [0.25, 0.3) is 16.6 Å². The zero-order valence-corrected chi connectivity index (χ0v) is 22.8. The van der Waals surface area contributed by atoms with E-state index in [1.807, 2.05) is 28.5 Å². The third-order valence-electron chi connectivity index (χ3n) is 8.14. The summed E-state index contributed by atoms with van der Waals surface area (Å²) < 4.78 is 22.8. The summed E-state index contributed by atoms with van der Waals surface area (Å²) in [6, 6.07) is 8.63. The number of aromatic nitrogens is 7. The molecule has 0 aliphatic carbocycles. The van der Waals surface area contributed by atoms with Crippen molar-refractivity contribution in [3.8, 4) is 11.1 Å². The lowest BCUT2D eigenvalue weighted by atomic mass is 9.87. The summed E-state index contributed by atoms with van der Waals surface area (Å²) in [4.78, 5) is 18.3. The van der Waals surface area contributed by atoms with Gasteiger partial charge in [0.2, 0.25) is 5.95 Å². The number of hydrogen-bond acceptors (Lipinski definition) is 9. The molecular formula is C29H31FN10O. The molecule has 0 amide bonds. The molecule has 2 fully saturated rings. The fraction of sp³-hybridized carbons (Fsp3) is 0.345. The third-order valence-corrected chi connectivity index (χ3v) is 8.14. The van der Waals surface area contributed by atoms with Crippen LogP contribution in [0.1, 0.15) is 30.5 Å². The maximum absolute atomic E-state index is 13.4. The Labute approximate surface area is 236 Å². The van der Waals surface area contributed by atoms with E-state index in [4.69, 9.17) is 10.5 Å². The smallest absolute Gasteiger partial charge is 0.225 e. The van der Waals surface area contributed by atoms with E-state index in [0.29, 0.717) is 18.6 Å². The van der Waals surface area contributed by atoms with Crippen molar-refractivity contribution in [1.82, 2.24) is 34.3 Å². The molecule has 1 aromatic carbocycles. The van der Waals surface area contributed by atoms with Crippen LogP contribution in [0.2, 0.25) is 0 Å². The summed E-state index contributed by atoms with van der Waals surface area (Å²) in [6.07, 6.45) is 12.1. The molecule has 4 aromatic heterocycles. The number of halogens is 1. The number of rotatable bonds is 6. The highest BCUT2D eigenvalue weighted by Gasteiger charge is 2.27. The summed E-state index contributed by atoms with van der Waals surface area (Å²) in [7, 11) is 0. The number of nitrogens with two attached hydrogens (primary N) is 1. The maximum atomic E-state index is 13.4. The minimum atomic E-state index is -0.830. The molecule has 2 aliphatic heterocycles. The quantitative estimate of drug-likeness (QED) is 0.338. The lowest BCUT2D eigenvalue weighted by molar-refractivity contribution is 0.184. The first-order valence-corrected chi connectivity index (χ1v) is 13.8. The number of nitrogens with zero attached hydrogens (tertiary/aromatic N) is 9. The van der Waals surface area contributed by atoms with Crippen LogP contribution in [0.5, 0.6) is 0 Å². The van der Waals surface area contributed by atoms with Gasteiger partial charge in [-0.3, -0.25) is 4.68 Å². The second kappa shape index (κ2) is 10.2. The van der Waals surface area contributed by atoms with E-state index in [1.54, 1.807) is 30.9 Å². The Morgan fingerprint density at radius 2 is 1.66 bits per heavy atom. The fourth-order valence-electron chi connectivity index (χ4n) is 5.57. The standard InChI is InChI=1S/C29H31FN10O/c1-29(31,22-2-4-24(30)5-3-22)23-14-32-28(33-15-23)38-9-7-37(8-10-38)27-26-12-20(16-40(26)36-19-34-27)21-13-35-39(17-21)25-6-11-41-18-25/h2-5,12-17,19,25H,6-11,18,31H2,1H3/t25-,29?/m0/s1. The lowest BCUT2D eigenvalue weighted by Crippen LogP contribution is -2.47. The fourth-order valence-corrected chi connectivity index (χ4v) is 5.57. The Balaban J connectivity index is 1.05. The van der Waals surface area contributed by atoms with E-state index in [9.17, 15) is 4.39 Å². The van der Waals surface area contributed by atoms with E-state index in [2.05, 4.69) is 47.2 Å². The van der Waals surface area contributed by atoms with Crippen molar-refractivity contribution in [1.29, 1.82) is 0 Å². The molecule has 0 spiro atoms. The summed E-state index contributed by atoms with van der Waals surface area (Å²) in [6.45, 7) is 6.39. The molecule has 0 radical (unpaired) electrons. The van der Waals surface area contributed by atoms with Crippen molar-refractivity contribution in [3.05, 3.63) is 84.6 Å². The minimum Gasteiger partial charge on any atom is -0.379 e. The molecule has 2 N–H and O–H groups in total. The zero-order chi connectivity index (χ0) is 28.0. The summed E-state index contributed by atoms with van der Waals surface area (Å²) in [5.74, 6) is 1.26.